The van der Waals surface area contributed by atoms with Crippen LogP contribution in [-0.4, -0.2) is 15.7 Å². The van der Waals surface area contributed by atoms with Gasteiger partial charge in [0, 0.05) is 11.1 Å². The molecule has 0 spiro atoms. The molecule has 3 aromatic rings. The van der Waals surface area contributed by atoms with Crippen molar-refractivity contribution in [2.45, 2.75) is 6.54 Å². The van der Waals surface area contributed by atoms with Gasteiger partial charge in [0.2, 0.25) is 5.91 Å². The first kappa shape index (κ1) is 13.1. The van der Waals surface area contributed by atoms with Gasteiger partial charge in [0.25, 0.3) is 0 Å². The van der Waals surface area contributed by atoms with Gasteiger partial charge in [0.15, 0.2) is 0 Å². The molecule has 0 unspecified atom stereocenters. The van der Waals surface area contributed by atoms with E-state index in [1.54, 1.807) is 30.5 Å². The summed E-state index contributed by atoms with van der Waals surface area (Å²) in [6, 6.07) is 11.4. The predicted octanol–water partition coefficient (Wildman–Crippen LogP) is 2.40. The maximum Gasteiger partial charge on any atom is 0.246 e. The van der Waals surface area contributed by atoms with Crippen molar-refractivity contribution in [2.75, 3.05) is 11.1 Å². The van der Waals surface area contributed by atoms with Crippen molar-refractivity contribution in [1.29, 1.82) is 0 Å². The lowest BCUT2D eigenvalue weighted by Gasteiger charge is -2.07. The number of rotatable bonds is 3. The number of para-hydroxylation sites is 1. The van der Waals surface area contributed by atoms with Crippen LogP contribution in [0.15, 0.2) is 48.7 Å². The van der Waals surface area contributed by atoms with Crippen LogP contribution in [0.4, 0.5) is 15.8 Å². The maximum atomic E-state index is 13.5. The zero-order valence-electron chi connectivity index (χ0n) is 11.1. The largest absolute Gasteiger partial charge is 0.399 e. The maximum absolute atomic E-state index is 13.5. The number of nitrogens with two attached hydrogens (primary N) is 1. The molecule has 0 saturated carbocycles. The van der Waals surface area contributed by atoms with Gasteiger partial charge in [0.1, 0.15) is 12.4 Å². The van der Waals surface area contributed by atoms with Crippen LogP contribution in [0, 0.1) is 5.82 Å². The quantitative estimate of drug-likeness (QED) is 0.725. The number of hydrogen-bond donors (Lipinski definition) is 2. The van der Waals surface area contributed by atoms with Gasteiger partial charge in [-0.3, -0.25) is 9.48 Å². The summed E-state index contributed by atoms with van der Waals surface area (Å²) < 4.78 is 15.0. The SMILES string of the molecule is Nc1ccc2cnn(CC(=O)Nc3ccccc3F)c2c1. The van der Waals surface area contributed by atoms with E-state index >= 15 is 0 Å². The third-order valence-corrected chi connectivity index (χ3v) is 3.11. The molecule has 0 bridgehead atoms. The molecule has 0 saturated heterocycles. The normalized spacial score (nSPS) is 10.7. The van der Waals surface area contributed by atoms with Gasteiger partial charge in [-0.15, -0.1) is 0 Å². The van der Waals surface area contributed by atoms with Gasteiger partial charge in [-0.05, 0) is 30.3 Å². The Morgan fingerprint density at radius 1 is 1.29 bits per heavy atom. The van der Waals surface area contributed by atoms with Gasteiger partial charge >= 0.3 is 0 Å². The molecule has 0 aliphatic carbocycles. The fraction of sp³-hybridized carbons (Fsp3) is 0.0667. The zero-order valence-corrected chi connectivity index (χ0v) is 11.1. The molecule has 1 aromatic heterocycles. The molecule has 106 valence electrons. The first-order valence-electron chi connectivity index (χ1n) is 6.39. The lowest BCUT2D eigenvalue weighted by atomic mass is 10.2. The van der Waals surface area contributed by atoms with Crippen molar-refractivity contribution >= 4 is 28.2 Å². The molecule has 2 aromatic carbocycles. The van der Waals surface area contributed by atoms with Crippen LogP contribution in [0.3, 0.4) is 0 Å². The number of aromatic nitrogens is 2. The van der Waals surface area contributed by atoms with E-state index in [2.05, 4.69) is 10.4 Å². The lowest BCUT2D eigenvalue weighted by molar-refractivity contribution is -0.116. The van der Waals surface area contributed by atoms with Gasteiger partial charge in [-0.2, -0.15) is 5.10 Å². The zero-order chi connectivity index (χ0) is 14.8. The molecule has 6 heteroatoms. The molecule has 1 heterocycles. The van der Waals surface area contributed by atoms with E-state index in [0.29, 0.717) is 5.69 Å². The summed E-state index contributed by atoms with van der Waals surface area (Å²) in [6.45, 7) is -0.0126. The second kappa shape index (κ2) is 5.24. The van der Waals surface area contributed by atoms with Crippen molar-refractivity contribution < 1.29 is 9.18 Å². The number of nitrogens with one attached hydrogen (secondary N) is 1. The number of amides is 1. The van der Waals surface area contributed by atoms with Gasteiger partial charge in [0.05, 0.1) is 17.4 Å². The van der Waals surface area contributed by atoms with Crippen LogP contribution in [0.2, 0.25) is 0 Å². The van der Waals surface area contributed by atoms with Crippen LogP contribution in [0.5, 0.6) is 0 Å². The Morgan fingerprint density at radius 2 is 2.10 bits per heavy atom. The molecular formula is C15H13FN4O. The van der Waals surface area contributed by atoms with E-state index in [1.807, 2.05) is 6.07 Å². The van der Waals surface area contributed by atoms with E-state index in [-0.39, 0.29) is 18.1 Å². The number of anilines is 2. The summed E-state index contributed by atoms with van der Waals surface area (Å²) in [5.74, 6) is -0.826. The average Bonchev–Trinajstić information content (AvgIpc) is 2.84. The second-order valence-corrected chi connectivity index (χ2v) is 4.65. The van der Waals surface area contributed by atoms with Crippen LogP contribution in [0.25, 0.3) is 10.9 Å². The molecule has 5 nitrogen and oxygen atoms in total. The van der Waals surface area contributed by atoms with Crippen molar-refractivity contribution in [2.24, 2.45) is 0 Å². The van der Waals surface area contributed by atoms with Crippen molar-refractivity contribution in [3.05, 3.63) is 54.5 Å². The van der Waals surface area contributed by atoms with Crippen LogP contribution in [-0.2, 0) is 11.3 Å². The summed E-state index contributed by atoms with van der Waals surface area (Å²) in [6.07, 6.45) is 1.66. The highest BCUT2D eigenvalue weighted by atomic mass is 19.1. The fourth-order valence-electron chi connectivity index (χ4n) is 2.10. The Kier molecular flexibility index (Phi) is 3.27. The van der Waals surface area contributed by atoms with Crippen LogP contribution >= 0.6 is 0 Å². The van der Waals surface area contributed by atoms with Crippen LogP contribution in [0.1, 0.15) is 0 Å². The second-order valence-electron chi connectivity index (χ2n) is 4.65. The molecular weight excluding hydrogens is 271 g/mol. The molecule has 0 atom stereocenters. The van der Waals surface area contributed by atoms with Crippen molar-refractivity contribution in [3.8, 4) is 0 Å². The minimum atomic E-state index is -0.472. The molecule has 0 radical (unpaired) electrons. The van der Waals surface area contributed by atoms with E-state index in [4.69, 9.17) is 5.73 Å². The molecule has 0 fully saturated rings. The molecule has 1 amide bonds. The molecule has 3 N–H and O–H groups in total. The van der Waals surface area contributed by atoms with Crippen molar-refractivity contribution in [1.82, 2.24) is 9.78 Å². The highest BCUT2D eigenvalue weighted by molar-refractivity contribution is 5.92. The summed E-state index contributed by atoms with van der Waals surface area (Å²) in [7, 11) is 0. The standard InChI is InChI=1S/C15H13FN4O/c16-12-3-1-2-4-13(12)19-15(21)9-20-14-7-11(17)6-5-10(14)8-18-20/h1-8H,9,17H2,(H,19,21). The summed E-state index contributed by atoms with van der Waals surface area (Å²) in [4.78, 5) is 12.0. The Labute approximate surface area is 120 Å². The molecule has 3 rings (SSSR count). The summed E-state index contributed by atoms with van der Waals surface area (Å²) in [5.41, 5.74) is 7.25. The first-order chi connectivity index (χ1) is 10.1. The minimum Gasteiger partial charge on any atom is -0.399 e. The molecule has 0 aliphatic heterocycles. The Bertz CT molecular complexity index is 812. The van der Waals surface area contributed by atoms with E-state index in [0.717, 1.165) is 10.9 Å². The molecule has 21 heavy (non-hydrogen) atoms. The number of nitrogen functional groups attached to an aromatic ring is 1. The highest BCUT2D eigenvalue weighted by Gasteiger charge is 2.10. The topological polar surface area (TPSA) is 72.9 Å². The average molecular weight is 284 g/mol. The third-order valence-electron chi connectivity index (χ3n) is 3.11. The number of nitrogens with zero attached hydrogens (tertiary/aromatic N) is 2. The third kappa shape index (κ3) is 2.69. The monoisotopic (exact) mass is 284 g/mol. The first-order valence-corrected chi connectivity index (χ1v) is 6.39. The predicted molar refractivity (Wildman–Crippen MR) is 79.2 cm³/mol. The number of halogens is 1. The lowest BCUT2D eigenvalue weighted by Crippen LogP contribution is -2.20. The Hall–Kier alpha value is -2.89. The smallest absolute Gasteiger partial charge is 0.246 e. The number of carbonyl (C=O) groups is 1. The Balaban J connectivity index is 1.80. The molecule has 0 aliphatic rings. The van der Waals surface area contributed by atoms with Gasteiger partial charge in [-0.25, -0.2) is 4.39 Å². The summed E-state index contributed by atoms with van der Waals surface area (Å²) >= 11 is 0. The number of fused-ring (bicyclic) bond motifs is 1. The number of hydrogen-bond acceptors (Lipinski definition) is 3. The van der Waals surface area contributed by atoms with Gasteiger partial charge < -0.3 is 11.1 Å². The number of carbonyl (C=O) groups excluding carboxylic acids is 1. The fourth-order valence-corrected chi connectivity index (χ4v) is 2.10. The van der Waals surface area contributed by atoms with E-state index in [1.165, 1.54) is 16.8 Å². The van der Waals surface area contributed by atoms with Gasteiger partial charge in [-0.1, -0.05) is 12.1 Å². The Morgan fingerprint density at radius 3 is 2.90 bits per heavy atom. The van der Waals surface area contributed by atoms with E-state index in [9.17, 15) is 9.18 Å². The number of benzene rings is 2. The van der Waals surface area contributed by atoms with Crippen LogP contribution < -0.4 is 11.1 Å². The van der Waals surface area contributed by atoms with E-state index < -0.39 is 5.82 Å². The highest BCUT2D eigenvalue weighted by Crippen LogP contribution is 2.17. The van der Waals surface area contributed by atoms with Crippen molar-refractivity contribution in [3.63, 3.8) is 0 Å². The minimum absolute atomic E-state index is 0.0126. The summed E-state index contributed by atoms with van der Waals surface area (Å²) in [5, 5.41) is 7.56.